The van der Waals surface area contributed by atoms with Crippen LogP contribution in [0.1, 0.15) is 54.4 Å². The fourth-order valence-electron chi connectivity index (χ4n) is 3.68. The highest BCUT2D eigenvalue weighted by molar-refractivity contribution is 4.96. The largest absolute Gasteiger partial charge is 0.393 e. The molecule has 0 bridgehead atoms. The van der Waals surface area contributed by atoms with Crippen LogP contribution in [-0.2, 0) is 0 Å². The fraction of sp³-hybridized carbons (Fsp3) is 0.941. The molecule has 1 aliphatic carbocycles. The molecule has 1 aliphatic rings. The second kappa shape index (κ2) is 5.93. The van der Waals surface area contributed by atoms with Crippen LogP contribution in [0.25, 0.3) is 0 Å². The average Bonchev–Trinajstić information content (AvgIpc) is 2.28. The van der Waals surface area contributed by atoms with Crippen LogP contribution in [0.5, 0.6) is 0 Å². The molecule has 2 unspecified atom stereocenters. The van der Waals surface area contributed by atoms with Crippen molar-refractivity contribution in [2.45, 2.75) is 60.5 Å². The maximum atomic E-state index is 10.8. The predicted octanol–water partition coefficient (Wildman–Crippen LogP) is 3.49. The van der Waals surface area contributed by atoms with Gasteiger partial charge in [0, 0.05) is 13.6 Å². The summed E-state index contributed by atoms with van der Waals surface area (Å²) in [6.07, 6.45) is 4.00. The summed E-state index contributed by atoms with van der Waals surface area (Å²) < 4.78 is 0. The van der Waals surface area contributed by atoms with E-state index in [1.54, 1.807) is 4.90 Å². The van der Waals surface area contributed by atoms with Gasteiger partial charge in [0.2, 0.25) is 0 Å². The molecule has 1 saturated carbocycles. The van der Waals surface area contributed by atoms with E-state index in [-0.39, 0.29) is 16.9 Å². The highest BCUT2D eigenvalue weighted by atomic mass is 16.3. The first-order valence-electron chi connectivity index (χ1n) is 7.75. The molecule has 0 aromatic rings. The maximum Gasteiger partial charge on any atom is 0.179 e. The second-order valence-corrected chi connectivity index (χ2v) is 8.75. The van der Waals surface area contributed by atoms with Crippen LogP contribution in [0.2, 0.25) is 0 Å². The summed E-state index contributed by atoms with van der Waals surface area (Å²) >= 11 is 0. The lowest BCUT2D eigenvalue weighted by molar-refractivity contribution is -0.0851. The lowest BCUT2D eigenvalue weighted by Crippen LogP contribution is -2.49. The van der Waals surface area contributed by atoms with Crippen LogP contribution in [0.4, 0.5) is 0 Å². The molecular formula is C17H32N2O. The summed E-state index contributed by atoms with van der Waals surface area (Å²) in [6.45, 7) is 14.1. The number of nitriles is 1. The predicted molar refractivity (Wildman–Crippen MR) is 82.9 cm³/mol. The van der Waals surface area contributed by atoms with E-state index in [0.29, 0.717) is 17.8 Å². The molecule has 3 nitrogen and oxygen atoms in total. The van der Waals surface area contributed by atoms with Crippen LogP contribution < -0.4 is 0 Å². The second-order valence-electron chi connectivity index (χ2n) is 8.75. The SMILES string of the molecule is CN(C#N)CC1CC(C(C)(C)C)C(O)C(C(C)(C)C)C1. The number of aliphatic hydroxyl groups excluding tert-OH is 1. The third-order valence-electron chi connectivity index (χ3n) is 4.93. The van der Waals surface area contributed by atoms with Gasteiger partial charge in [0.25, 0.3) is 0 Å². The first-order valence-corrected chi connectivity index (χ1v) is 7.75. The van der Waals surface area contributed by atoms with Crippen molar-refractivity contribution in [2.75, 3.05) is 13.6 Å². The Bertz CT molecular complexity index is 335. The molecule has 0 radical (unpaired) electrons. The zero-order chi connectivity index (χ0) is 15.7. The summed E-state index contributed by atoms with van der Waals surface area (Å²) in [5.41, 5.74) is 0.208. The van der Waals surface area contributed by atoms with E-state index < -0.39 is 0 Å². The third kappa shape index (κ3) is 4.12. The van der Waals surface area contributed by atoms with Crippen molar-refractivity contribution in [2.24, 2.45) is 28.6 Å². The minimum atomic E-state index is -0.237. The molecule has 0 aliphatic heterocycles. The number of hydrogen-bond acceptors (Lipinski definition) is 3. The Balaban J connectivity index is 2.96. The molecule has 0 spiro atoms. The van der Waals surface area contributed by atoms with Crippen molar-refractivity contribution in [1.82, 2.24) is 4.90 Å². The number of nitrogens with zero attached hydrogens (tertiary/aromatic N) is 2. The average molecular weight is 280 g/mol. The molecular weight excluding hydrogens is 248 g/mol. The molecule has 0 amide bonds. The van der Waals surface area contributed by atoms with Gasteiger partial charge in [-0.05, 0) is 41.4 Å². The van der Waals surface area contributed by atoms with E-state index >= 15 is 0 Å². The molecule has 0 heterocycles. The van der Waals surface area contributed by atoms with Gasteiger partial charge in [-0.3, -0.25) is 0 Å². The Morgan fingerprint density at radius 1 is 1.05 bits per heavy atom. The quantitative estimate of drug-likeness (QED) is 0.622. The molecule has 1 rings (SSSR count). The minimum absolute atomic E-state index is 0.104. The summed E-state index contributed by atoms with van der Waals surface area (Å²) in [7, 11) is 1.85. The van der Waals surface area contributed by atoms with Crippen molar-refractivity contribution >= 4 is 0 Å². The molecule has 116 valence electrons. The van der Waals surface area contributed by atoms with Crippen molar-refractivity contribution in [3.05, 3.63) is 0 Å². The zero-order valence-corrected chi connectivity index (χ0v) is 14.3. The summed E-state index contributed by atoms with van der Waals surface area (Å²) in [4.78, 5) is 1.72. The van der Waals surface area contributed by atoms with Gasteiger partial charge in [0.1, 0.15) is 0 Å². The molecule has 0 aromatic carbocycles. The van der Waals surface area contributed by atoms with Crippen LogP contribution in [-0.4, -0.2) is 29.7 Å². The van der Waals surface area contributed by atoms with Gasteiger partial charge in [-0.25, -0.2) is 0 Å². The first-order chi connectivity index (χ1) is 8.96. The Morgan fingerprint density at radius 3 is 1.75 bits per heavy atom. The van der Waals surface area contributed by atoms with Gasteiger partial charge in [-0.15, -0.1) is 0 Å². The van der Waals surface area contributed by atoms with Gasteiger partial charge in [-0.2, -0.15) is 5.26 Å². The van der Waals surface area contributed by atoms with Gasteiger partial charge in [0.15, 0.2) is 6.19 Å². The van der Waals surface area contributed by atoms with E-state index in [2.05, 4.69) is 47.7 Å². The number of rotatable bonds is 2. The molecule has 3 heteroatoms. The summed E-state index contributed by atoms with van der Waals surface area (Å²) in [6, 6.07) is 0. The van der Waals surface area contributed by atoms with Gasteiger partial charge < -0.3 is 10.0 Å². The normalized spacial score (nSPS) is 31.8. The van der Waals surface area contributed by atoms with Crippen molar-refractivity contribution in [1.29, 1.82) is 5.26 Å². The highest BCUT2D eigenvalue weighted by Crippen LogP contribution is 2.48. The van der Waals surface area contributed by atoms with Crippen molar-refractivity contribution < 1.29 is 5.11 Å². The van der Waals surface area contributed by atoms with E-state index in [1.807, 2.05) is 7.05 Å². The smallest absolute Gasteiger partial charge is 0.179 e. The molecule has 1 fully saturated rings. The van der Waals surface area contributed by atoms with Crippen molar-refractivity contribution in [3.63, 3.8) is 0 Å². The molecule has 1 N–H and O–H groups in total. The molecule has 0 saturated heterocycles. The molecule has 2 atom stereocenters. The topological polar surface area (TPSA) is 47.3 Å². The number of hydrogen-bond donors (Lipinski definition) is 1. The van der Waals surface area contributed by atoms with E-state index in [0.717, 1.165) is 19.4 Å². The third-order valence-corrected chi connectivity index (χ3v) is 4.93. The lowest BCUT2D eigenvalue weighted by atomic mass is 9.58. The van der Waals surface area contributed by atoms with E-state index in [1.165, 1.54) is 0 Å². The van der Waals surface area contributed by atoms with Gasteiger partial charge >= 0.3 is 0 Å². The van der Waals surface area contributed by atoms with Crippen LogP contribution in [0.15, 0.2) is 0 Å². The van der Waals surface area contributed by atoms with E-state index in [4.69, 9.17) is 5.26 Å². The van der Waals surface area contributed by atoms with Crippen molar-refractivity contribution in [3.8, 4) is 6.19 Å². The Kier molecular flexibility index (Phi) is 5.13. The van der Waals surface area contributed by atoms with Gasteiger partial charge in [0.05, 0.1) is 6.10 Å². The first kappa shape index (κ1) is 17.3. The monoisotopic (exact) mass is 280 g/mol. The summed E-state index contributed by atoms with van der Waals surface area (Å²) in [5, 5.41) is 19.8. The van der Waals surface area contributed by atoms with Crippen LogP contribution in [0.3, 0.4) is 0 Å². The molecule has 0 aromatic heterocycles. The van der Waals surface area contributed by atoms with Crippen LogP contribution >= 0.6 is 0 Å². The van der Waals surface area contributed by atoms with Gasteiger partial charge in [-0.1, -0.05) is 41.5 Å². The highest BCUT2D eigenvalue weighted by Gasteiger charge is 2.46. The Labute approximate surface area is 125 Å². The lowest BCUT2D eigenvalue weighted by Gasteiger charge is -2.49. The Morgan fingerprint density at radius 2 is 1.45 bits per heavy atom. The minimum Gasteiger partial charge on any atom is -0.393 e. The maximum absolute atomic E-state index is 10.8. The standard InChI is InChI=1S/C17H32N2O/c1-16(2,3)13-8-12(10-19(7)11-18)9-14(15(13)20)17(4,5)6/h12-15,20H,8-10H2,1-7H3. The molecule has 20 heavy (non-hydrogen) atoms. The fourth-order valence-corrected chi connectivity index (χ4v) is 3.68. The number of aliphatic hydroxyl groups is 1. The van der Waals surface area contributed by atoms with E-state index in [9.17, 15) is 5.11 Å². The van der Waals surface area contributed by atoms with Crippen LogP contribution in [0, 0.1) is 40.0 Å². The Hall–Kier alpha value is -0.750. The zero-order valence-electron chi connectivity index (χ0n) is 14.3. The summed E-state index contributed by atoms with van der Waals surface area (Å²) in [5.74, 6) is 1.10.